The summed E-state index contributed by atoms with van der Waals surface area (Å²) in [5.74, 6) is -0.167. The first-order valence-corrected chi connectivity index (χ1v) is 7.17. The van der Waals surface area contributed by atoms with Gasteiger partial charge in [-0.2, -0.15) is 0 Å². The normalized spacial score (nSPS) is 12.4. The SMILES string of the molecule is NCC(Cc1cc(F)ccc1Br)c1ccccc1Cl. The predicted molar refractivity (Wildman–Crippen MR) is 81.1 cm³/mol. The Kier molecular flexibility index (Phi) is 4.97. The molecule has 0 fully saturated rings. The van der Waals surface area contributed by atoms with Crippen molar-refractivity contribution < 1.29 is 4.39 Å². The van der Waals surface area contributed by atoms with Crippen LogP contribution in [0.2, 0.25) is 5.02 Å². The van der Waals surface area contributed by atoms with E-state index in [1.807, 2.05) is 24.3 Å². The second-order valence-corrected chi connectivity index (χ2v) is 5.66. The van der Waals surface area contributed by atoms with E-state index in [-0.39, 0.29) is 11.7 Å². The molecule has 19 heavy (non-hydrogen) atoms. The summed E-state index contributed by atoms with van der Waals surface area (Å²) in [4.78, 5) is 0. The molecule has 0 aromatic heterocycles. The van der Waals surface area contributed by atoms with Crippen LogP contribution in [0.3, 0.4) is 0 Å². The third kappa shape index (κ3) is 3.56. The number of benzene rings is 2. The summed E-state index contributed by atoms with van der Waals surface area (Å²) >= 11 is 9.63. The Balaban J connectivity index is 2.29. The quantitative estimate of drug-likeness (QED) is 0.868. The molecule has 2 aromatic rings. The lowest BCUT2D eigenvalue weighted by Gasteiger charge is -2.17. The average molecular weight is 343 g/mol. The lowest BCUT2D eigenvalue weighted by atomic mass is 9.92. The van der Waals surface area contributed by atoms with Crippen molar-refractivity contribution in [1.82, 2.24) is 0 Å². The van der Waals surface area contributed by atoms with Crippen molar-refractivity contribution in [2.24, 2.45) is 5.73 Å². The lowest BCUT2D eigenvalue weighted by molar-refractivity contribution is 0.620. The van der Waals surface area contributed by atoms with Crippen LogP contribution < -0.4 is 5.73 Å². The molecule has 0 aliphatic carbocycles. The first-order valence-electron chi connectivity index (χ1n) is 6.00. The van der Waals surface area contributed by atoms with E-state index in [9.17, 15) is 4.39 Å². The molecule has 0 radical (unpaired) electrons. The van der Waals surface area contributed by atoms with Gasteiger partial charge in [-0.15, -0.1) is 0 Å². The van der Waals surface area contributed by atoms with E-state index >= 15 is 0 Å². The van der Waals surface area contributed by atoms with Gasteiger partial charge >= 0.3 is 0 Å². The van der Waals surface area contributed by atoms with Gasteiger partial charge in [0, 0.05) is 15.4 Å². The van der Waals surface area contributed by atoms with E-state index in [0.29, 0.717) is 18.0 Å². The minimum Gasteiger partial charge on any atom is -0.330 e. The van der Waals surface area contributed by atoms with Gasteiger partial charge in [0.1, 0.15) is 5.82 Å². The number of nitrogens with two attached hydrogens (primary N) is 1. The maximum Gasteiger partial charge on any atom is 0.123 e. The summed E-state index contributed by atoms with van der Waals surface area (Å²) in [6, 6.07) is 12.3. The van der Waals surface area contributed by atoms with Crippen LogP contribution >= 0.6 is 27.5 Å². The smallest absolute Gasteiger partial charge is 0.123 e. The molecular weight excluding hydrogens is 329 g/mol. The molecular formula is C15H14BrClFN. The maximum absolute atomic E-state index is 13.3. The third-order valence-electron chi connectivity index (χ3n) is 3.10. The van der Waals surface area contributed by atoms with Gasteiger partial charge in [0.15, 0.2) is 0 Å². The fraction of sp³-hybridized carbons (Fsp3) is 0.200. The Morgan fingerprint density at radius 2 is 1.95 bits per heavy atom. The van der Waals surface area contributed by atoms with Gasteiger partial charge in [0.05, 0.1) is 0 Å². The first kappa shape index (κ1) is 14.5. The summed E-state index contributed by atoms with van der Waals surface area (Å²) in [7, 11) is 0. The second kappa shape index (κ2) is 6.51. The molecule has 0 saturated heterocycles. The Bertz CT molecular complexity index is 574. The van der Waals surface area contributed by atoms with Crippen molar-refractivity contribution in [2.45, 2.75) is 12.3 Å². The van der Waals surface area contributed by atoms with E-state index in [0.717, 1.165) is 15.6 Å². The van der Waals surface area contributed by atoms with Gasteiger partial charge in [-0.05, 0) is 48.4 Å². The van der Waals surface area contributed by atoms with E-state index < -0.39 is 0 Å². The Morgan fingerprint density at radius 1 is 1.21 bits per heavy atom. The van der Waals surface area contributed by atoms with Crippen molar-refractivity contribution in [3.8, 4) is 0 Å². The van der Waals surface area contributed by atoms with Gasteiger partial charge in [0.2, 0.25) is 0 Å². The van der Waals surface area contributed by atoms with Crippen LogP contribution in [0.25, 0.3) is 0 Å². The number of halogens is 3. The van der Waals surface area contributed by atoms with Gasteiger partial charge < -0.3 is 5.73 Å². The largest absolute Gasteiger partial charge is 0.330 e. The van der Waals surface area contributed by atoms with Gasteiger partial charge in [-0.1, -0.05) is 45.7 Å². The summed E-state index contributed by atoms with van der Waals surface area (Å²) < 4.78 is 14.2. The van der Waals surface area contributed by atoms with Crippen molar-refractivity contribution in [1.29, 1.82) is 0 Å². The molecule has 0 aliphatic heterocycles. The van der Waals surface area contributed by atoms with E-state index in [2.05, 4.69) is 15.9 Å². The molecule has 1 unspecified atom stereocenters. The highest BCUT2D eigenvalue weighted by Gasteiger charge is 2.15. The van der Waals surface area contributed by atoms with Crippen LogP contribution in [0.5, 0.6) is 0 Å². The third-order valence-corrected chi connectivity index (χ3v) is 4.22. The minimum atomic E-state index is -0.242. The Morgan fingerprint density at radius 3 is 2.63 bits per heavy atom. The van der Waals surface area contributed by atoms with Crippen molar-refractivity contribution in [3.05, 3.63) is 68.9 Å². The van der Waals surface area contributed by atoms with Crippen LogP contribution in [0.15, 0.2) is 46.9 Å². The van der Waals surface area contributed by atoms with Gasteiger partial charge in [-0.3, -0.25) is 0 Å². The highest BCUT2D eigenvalue weighted by Crippen LogP contribution is 2.29. The van der Waals surface area contributed by atoms with E-state index in [1.165, 1.54) is 12.1 Å². The molecule has 0 bridgehead atoms. The molecule has 1 atom stereocenters. The van der Waals surface area contributed by atoms with Gasteiger partial charge in [-0.25, -0.2) is 4.39 Å². The molecule has 2 aromatic carbocycles. The summed E-state index contributed by atoms with van der Waals surface area (Å²) in [5.41, 5.74) is 7.74. The fourth-order valence-electron chi connectivity index (χ4n) is 2.09. The van der Waals surface area contributed by atoms with E-state index in [1.54, 1.807) is 6.07 Å². The molecule has 2 rings (SSSR count). The zero-order chi connectivity index (χ0) is 13.8. The first-order chi connectivity index (χ1) is 9.11. The predicted octanol–water partition coefficient (Wildman–Crippen LogP) is 4.53. The zero-order valence-corrected chi connectivity index (χ0v) is 12.6. The topological polar surface area (TPSA) is 26.0 Å². The number of hydrogen-bond donors (Lipinski definition) is 1. The second-order valence-electron chi connectivity index (χ2n) is 4.39. The number of rotatable bonds is 4. The highest BCUT2D eigenvalue weighted by molar-refractivity contribution is 9.10. The molecule has 0 spiro atoms. The van der Waals surface area contributed by atoms with Crippen molar-refractivity contribution >= 4 is 27.5 Å². The highest BCUT2D eigenvalue weighted by atomic mass is 79.9. The van der Waals surface area contributed by atoms with Crippen LogP contribution in [-0.2, 0) is 6.42 Å². The van der Waals surface area contributed by atoms with Crippen molar-refractivity contribution in [2.75, 3.05) is 6.54 Å². The molecule has 4 heteroatoms. The Labute approximate surface area is 125 Å². The molecule has 100 valence electrons. The molecule has 0 amide bonds. The van der Waals surface area contributed by atoms with E-state index in [4.69, 9.17) is 17.3 Å². The molecule has 0 aliphatic rings. The minimum absolute atomic E-state index is 0.0757. The zero-order valence-electron chi connectivity index (χ0n) is 10.2. The van der Waals surface area contributed by atoms with Crippen LogP contribution in [0, 0.1) is 5.82 Å². The van der Waals surface area contributed by atoms with Crippen LogP contribution in [0.4, 0.5) is 4.39 Å². The summed E-state index contributed by atoms with van der Waals surface area (Å²) in [6.07, 6.45) is 0.651. The van der Waals surface area contributed by atoms with Crippen molar-refractivity contribution in [3.63, 3.8) is 0 Å². The average Bonchev–Trinajstić information content (AvgIpc) is 2.41. The monoisotopic (exact) mass is 341 g/mol. The molecule has 0 heterocycles. The molecule has 0 saturated carbocycles. The number of hydrogen-bond acceptors (Lipinski definition) is 1. The summed E-state index contributed by atoms with van der Waals surface area (Å²) in [6.45, 7) is 0.465. The fourth-order valence-corrected chi connectivity index (χ4v) is 2.79. The standard InChI is InChI=1S/C15H14BrClFN/c16-14-6-5-12(18)8-10(14)7-11(9-19)13-3-1-2-4-15(13)17/h1-6,8,11H,7,9,19H2. The summed E-state index contributed by atoms with van der Waals surface area (Å²) in [5, 5.41) is 0.700. The molecule has 2 N–H and O–H groups in total. The maximum atomic E-state index is 13.3. The lowest BCUT2D eigenvalue weighted by Crippen LogP contribution is -2.15. The van der Waals surface area contributed by atoms with Crippen LogP contribution in [0.1, 0.15) is 17.0 Å². The Hall–Kier alpha value is -0.900. The van der Waals surface area contributed by atoms with Gasteiger partial charge in [0.25, 0.3) is 0 Å². The van der Waals surface area contributed by atoms with Crippen LogP contribution in [-0.4, -0.2) is 6.54 Å². The molecule has 1 nitrogen and oxygen atoms in total.